The average Bonchev–Trinajstić information content (AvgIpc) is 3.28. The molecule has 0 bridgehead atoms. The van der Waals surface area contributed by atoms with E-state index in [1.165, 1.54) is 18.5 Å². The Labute approximate surface area is 191 Å². The van der Waals surface area contributed by atoms with E-state index in [-0.39, 0.29) is 29.2 Å². The molecule has 4 rings (SSSR count). The maximum atomic E-state index is 14.6. The molecule has 1 saturated heterocycles. The number of carbonyl (C=O) groups excluding carboxylic acids is 1. The van der Waals surface area contributed by atoms with Gasteiger partial charge in [0.2, 0.25) is 0 Å². The number of alkyl halides is 3. The SMILES string of the molecule is NC(=O)c1cnc(N2CCC(CO)C2)c(-c2cccnc2)c1-c1ccc(OC(F)(F)F)c(F)c1. The van der Waals surface area contributed by atoms with Crippen molar-refractivity contribution in [2.75, 3.05) is 24.6 Å². The van der Waals surface area contributed by atoms with Gasteiger partial charge in [-0.25, -0.2) is 9.37 Å². The number of ether oxygens (including phenoxy) is 1. The number of hydrogen-bond acceptors (Lipinski definition) is 6. The van der Waals surface area contributed by atoms with Crippen molar-refractivity contribution in [3.8, 4) is 28.0 Å². The minimum atomic E-state index is -5.07. The quantitative estimate of drug-likeness (QED) is 0.526. The molecule has 2 aromatic heterocycles. The summed E-state index contributed by atoms with van der Waals surface area (Å²) in [5, 5.41) is 9.55. The van der Waals surface area contributed by atoms with E-state index in [0.717, 1.165) is 18.6 Å². The van der Waals surface area contributed by atoms with Gasteiger partial charge in [-0.3, -0.25) is 9.78 Å². The topological polar surface area (TPSA) is 102 Å². The van der Waals surface area contributed by atoms with Crippen LogP contribution in [0.25, 0.3) is 22.3 Å². The smallest absolute Gasteiger partial charge is 0.403 e. The lowest BCUT2D eigenvalue weighted by atomic mass is 9.91. The fraction of sp³-hybridized carbons (Fsp3) is 0.261. The van der Waals surface area contributed by atoms with Crippen molar-refractivity contribution in [1.29, 1.82) is 0 Å². The largest absolute Gasteiger partial charge is 0.573 e. The first-order valence-corrected chi connectivity index (χ1v) is 10.3. The number of aliphatic hydroxyl groups excluding tert-OH is 1. The zero-order chi connectivity index (χ0) is 24.5. The second-order valence-corrected chi connectivity index (χ2v) is 7.83. The molecule has 34 heavy (non-hydrogen) atoms. The zero-order valence-electron chi connectivity index (χ0n) is 17.7. The summed E-state index contributed by atoms with van der Waals surface area (Å²) in [5.74, 6) is -2.62. The number of aliphatic hydroxyl groups is 1. The minimum Gasteiger partial charge on any atom is -0.403 e. The van der Waals surface area contributed by atoms with Crippen molar-refractivity contribution in [2.45, 2.75) is 12.8 Å². The number of benzene rings is 1. The van der Waals surface area contributed by atoms with Gasteiger partial charge < -0.3 is 20.5 Å². The summed E-state index contributed by atoms with van der Waals surface area (Å²) in [6.07, 6.45) is -0.00203. The molecule has 0 spiro atoms. The number of halogens is 4. The zero-order valence-corrected chi connectivity index (χ0v) is 17.7. The summed E-state index contributed by atoms with van der Waals surface area (Å²) < 4.78 is 56.1. The van der Waals surface area contributed by atoms with Gasteiger partial charge in [-0.1, -0.05) is 12.1 Å². The number of amides is 1. The van der Waals surface area contributed by atoms with Crippen LogP contribution in [0.2, 0.25) is 0 Å². The first kappa shape index (κ1) is 23.4. The molecule has 3 heterocycles. The Morgan fingerprint density at radius 2 is 2.00 bits per heavy atom. The van der Waals surface area contributed by atoms with Gasteiger partial charge in [0.15, 0.2) is 11.6 Å². The summed E-state index contributed by atoms with van der Waals surface area (Å²) >= 11 is 0. The highest BCUT2D eigenvalue weighted by Crippen LogP contribution is 2.42. The van der Waals surface area contributed by atoms with Crippen LogP contribution in [0.5, 0.6) is 5.75 Å². The van der Waals surface area contributed by atoms with Crippen LogP contribution in [0.3, 0.4) is 0 Å². The molecule has 3 aromatic rings. The van der Waals surface area contributed by atoms with Crippen molar-refractivity contribution in [3.63, 3.8) is 0 Å². The lowest BCUT2D eigenvalue weighted by Crippen LogP contribution is -2.24. The molecular formula is C23H20F4N4O3. The first-order valence-electron chi connectivity index (χ1n) is 10.3. The molecule has 1 unspecified atom stereocenters. The van der Waals surface area contributed by atoms with E-state index in [1.807, 2.05) is 4.90 Å². The molecule has 1 aliphatic rings. The number of aromatic nitrogens is 2. The Morgan fingerprint density at radius 3 is 2.59 bits per heavy atom. The van der Waals surface area contributed by atoms with Gasteiger partial charge in [0, 0.05) is 60.9 Å². The Hall–Kier alpha value is -3.73. The minimum absolute atomic E-state index is 0.00314. The predicted molar refractivity (Wildman–Crippen MR) is 115 cm³/mol. The highest BCUT2D eigenvalue weighted by molar-refractivity contribution is 6.06. The lowest BCUT2D eigenvalue weighted by Gasteiger charge is -2.24. The van der Waals surface area contributed by atoms with E-state index < -0.39 is 23.8 Å². The molecule has 0 aliphatic carbocycles. The van der Waals surface area contributed by atoms with Crippen LogP contribution in [0.4, 0.5) is 23.4 Å². The van der Waals surface area contributed by atoms with E-state index in [0.29, 0.717) is 30.0 Å². The van der Waals surface area contributed by atoms with E-state index >= 15 is 0 Å². The summed E-state index contributed by atoms with van der Waals surface area (Å²) in [6.45, 7) is 1.07. The fourth-order valence-corrected chi connectivity index (χ4v) is 4.05. The van der Waals surface area contributed by atoms with Crippen molar-refractivity contribution < 1.29 is 32.2 Å². The van der Waals surface area contributed by atoms with Crippen molar-refractivity contribution in [1.82, 2.24) is 9.97 Å². The molecule has 1 aromatic carbocycles. The Kier molecular flexibility index (Phi) is 6.38. The summed E-state index contributed by atoms with van der Waals surface area (Å²) in [4.78, 5) is 22.8. The van der Waals surface area contributed by atoms with Crippen LogP contribution in [-0.2, 0) is 0 Å². The molecule has 1 amide bonds. The molecule has 1 atom stereocenters. The number of anilines is 1. The van der Waals surface area contributed by atoms with Crippen LogP contribution >= 0.6 is 0 Å². The van der Waals surface area contributed by atoms with Gasteiger partial charge in [-0.2, -0.15) is 0 Å². The first-order chi connectivity index (χ1) is 16.2. The van der Waals surface area contributed by atoms with Crippen molar-refractivity contribution in [3.05, 3.63) is 60.3 Å². The standard InChI is InChI=1S/C23H20F4N4O3/c24-17-8-14(3-4-18(17)34-23(25,26)27)19-16(21(28)33)10-30-22(31-7-5-13(11-31)12-32)20(19)15-2-1-6-29-9-15/h1-4,6,8-10,13,32H,5,7,11-12H2,(H2,28,33). The number of hydrogen-bond donors (Lipinski definition) is 2. The van der Waals surface area contributed by atoms with Crippen LogP contribution in [0, 0.1) is 11.7 Å². The van der Waals surface area contributed by atoms with E-state index in [2.05, 4.69) is 14.7 Å². The third-order valence-electron chi connectivity index (χ3n) is 5.56. The number of carbonyl (C=O) groups is 1. The van der Waals surface area contributed by atoms with Crippen LogP contribution < -0.4 is 15.4 Å². The molecule has 3 N–H and O–H groups in total. The third kappa shape index (κ3) is 4.79. The van der Waals surface area contributed by atoms with E-state index in [1.54, 1.807) is 18.3 Å². The van der Waals surface area contributed by atoms with Crippen LogP contribution in [0.1, 0.15) is 16.8 Å². The Morgan fingerprint density at radius 1 is 1.21 bits per heavy atom. The number of pyridine rings is 2. The molecule has 0 radical (unpaired) electrons. The highest BCUT2D eigenvalue weighted by Gasteiger charge is 2.33. The molecule has 11 heteroatoms. The predicted octanol–water partition coefficient (Wildman–Crippen LogP) is 3.77. The van der Waals surface area contributed by atoms with Crippen molar-refractivity contribution >= 4 is 11.7 Å². The van der Waals surface area contributed by atoms with Crippen LogP contribution in [0.15, 0.2) is 48.9 Å². The molecular weight excluding hydrogens is 456 g/mol. The molecule has 178 valence electrons. The Bertz CT molecular complexity index is 1200. The number of primary amides is 1. The molecule has 1 aliphatic heterocycles. The average molecular weight is 476 g/mol. The lowest BCUT2D eigenvalue weighted by molar-refractivity contribution is -0.275. The third-order valence-corrected chi connectivity index (χ3v) is 5.56. The monoisotopic (exact) mass is 476 g/mol. The highest BCUT2D eigenvalue weighted by atomic mass is 19.4. The number of rotatable bonds is 6. The van der Waals surface area contributed by atoms with Gasteiger partial charge in [0.05, 0.1) is 5.56 Å². The number of nitrogens with zero attached hydrogens (tertiary/aromatic N) is 3. The maximum absolute atomic E-state index is 14.6. The summed E-state index contributed by atoms with van der Waals surface area (Å²) in [7, 11) is 0. The normalized spacial score (nSPS) is 16.0. The van der Waals surface area contributed by atoms with Gasteiger partial charge in [0.25, 0.3) is 5.91 Å². The van der Waals surface area contributed by atoms with Crippen molar-refractivity contribution in [2.24, 2.45) is 11.7 Å². The van der Waals surface area contributed by atoms with Gasteiger partial charge in [-0.15, -0.1) is 13.2 Å². The number of nitrogens with two attached hydrogens (primary N) is 1. The van der Waals surface area contributed by atoms with E-state index in [9.17, 15) is 27.5 Å². The van der Waals surface area contributed by atoms with Gasteiger partial charge in [-0.05, 0) is 30.2 Å². The fourth-order valence-electron chi connectivity index (χ4n) is 4.05. The molecule has 1 fully saturated rings. The second-order valence-electron chi connectivity index (χ2n) is 7.83. The molecule has 0 saturated carbocycles. The van der Waals surface area contributed by atoms with Crippen LogP contribution in [-0.4, -0.2) is 47.0 Å². The second kappa shape index (κ2) is 9.26. The summed E-state index contributed by atoms with van der Waals surface area (Å²) in [6, 6.07) is 6.30. The van der Waals surface area contributed by atoms with Gasteiger partial charge in [0.1, 0.15) is 5.82 Å². The van der Waals surface area contributed by atoms with E-state index in [4.69, 9.17) is 5.73 Å². The molecule has 7 nitrogen and oxygen atoms in total. The Balaban J connectivity index is 1.94. The van der Waals surface area contributed by atoms with Gasteiger partial charge >= 0.3 is 6.36 Å². The summed E-state index contributed by atoms with van der Waals surface area (Å²) in [5.41, 5.74) is 6.84. The maximum Gasteiger partial charge on any atom is 0.573 e.